The van der Waals surface area contributed by atoms with E-state index in [1.165, 1.54) is 0 Å². The van der Waals surface area contributed by atoms with Crippen molar-refractivity contribution in [3.05, 3.63) is 35.9 Å². The van der Waals surface area contributed by atoms with Gasteiger partial charge in [-0.05, 0) is 13.8 Å². The summed E-state index contributed by atoms with van der Waals surface area (Å²) in [5, 5.41) is 0. The molecule has 1 atom stereocenters. The van der Waals surface area contributed by atoms with Crippen LogP contribution in [0, 0.1) is 0 Å². The molecule has 0 bridgehead atoms. The number of ether oxygens (including phenoxy) is 1. The van der Waals surface area contributed by atoms with Crippen molar-refractivity contribution in [1.29, 1.82) is 0 Å². The van der Waals surface area contributed by atoms with E-state index < -0.39 is 0 Å². The summed E-state index contributed by atoms with van der Waals surface area (Å²) >= 11 is 0. The van der Waals surface area contributed by atoms with Crippen molar-refractivity contribution in [1.82, 2.24) is 0 Å². The first kappa shape index (κ1) is 9.93. The highest BCUT2D eigenvalue weighted by molar-refractivity contribution is 5.99. The van der Waals surface area contributed by atoms with Crippen LogP contribution in [0.2, 0.25) is 0 Å². The summed E-state index contributed by atoms with van der Waals surface area (Å²) in [5.41, 5.74) is 0.712. The molecule has 0 saturated carbocycles. The molecule has 2 heteroatoms. The average Bonchev–Trinajstić information content (AvgIpc) is 2.18. The third kappa shape index (κ3) is 2.67. The van der Waals surface area contributed by atoms with Crippen LogP contribution in [-0.2, 0) is 4.74 Å². The fraction of sp³-hybridized carbons (Fsp3) is 0.364. The zero-order valence-electron chi connectivity index (χ0n) is 7.99. The summed E-state index contributed by atoms with van der Waals surface area (Å²) in [6.45, 7) is 4.23. The van der Waals surface area contributed by atoms with Crippen molar-refractivity contribution < 1.29 is 9.53 Å². The Labute approximate surface area is 78.5 Å². The van der Waals surface area contributed by atoms with Gasteiger partial charge in [0.2, 0.25) is 0 Å². The second-order valence-corrected chi connectivity index (χ2v) is 2.83. The monoisotopic (exact) mass is 178 g/mol. The Hall–Kier alpha value is -1.15. The standard InChI is InChI=1S/C11H14O2/c1-3-13-9(2)11(12)10-7-5-4-6-8-10/h4-9H,3H2,1-2H3. The molecular formula is C11H14O2. The number of ketones is 1. The number of carbonyl (C=O) groups is 1. The first-order valence-electron chi connectivity index (χ1n) is 4.46. The zero-order valence-corrected chi connectivity index (χ0v) is 7.99. The Kier molecular flexibility index (Phi) is 3.65. The molecule has 1 rings (SSSR count). The molecule has 0 amide bonds. The largest absolute Gasteiger partial charge is 0.371 e. The maximum atomic E-state index is 11.6. The SMILES string of the molecule is CCOC(C)C(=O)c1ccccc1. The number of benzene rings is 1. The highest BCUT2D eigenvalue weighted by Crippen LogP contribution is 2.05. The summed E-state index contributed by atoms with van der Waals surface area (Å²) in [4.78, 5) is 11.6. The first-order chi connectivity index (χ1) is 6.25. The lowest BCUT2D eigenvalue weighted by Crippen LogP contribution is -2.20. The van der Waals surface area contributed by atoms with E-state index in [-0.39, 0.29) is 11.9 Å². The van der Waals surface area contributed by atoms with Gasteiger partial charge in [-0.2, -0.15) is 0 Å². The lowest BCUT2D eigenvalue weighted by molar-refractivity contribution is 0.0520. The van der Waals surface area contributed by atoms with Crippen LogP contribution in [0.5, 0.6) is 0 Å². The van der Waals surface area contributed by atoms with E-state index in [0.29, 0.717) is 12.2 Å². The maximum Gasteiger partial charge on any atom is 0.191 e. The molecule has 0 aliphatic heterocycles. The summed E-state index contributed by atoms with van der Waals surface area (Å²) in [6.07, 6.45) is -0.340. The molecule has 0 aromatic heterocycles. The highest BCUT2D eigenvalue weighted by Gasteiger charge is 2.13. The lowest BCUT2D eigenvalue weighted by atomic mass is 10.1. The van der Waals surface area contributed by atoms with Gasteiger partial charge in [-0.25, -0.2) is 0 Å². The van der Waals surface area contributed by atoms with Gasteiger partial charge in [0.05, 0.1) is 0 Å². The Morgan fingerprint density at radius 3 is 2.54 bits per heavy atom. The van der Waals surface area contributed by atoms with E-state index in [2.05, 4.69) is 0 Å². The molecule has 70 valence electrons. The smallest absolute Gasteiger partial charge is 0.191 e. The highest BCUT2D eigenvalue weighted by atomic mass is 16.5. The molecular weight excluding hydrogens is 164 g/mol. The predicted molar refractivity (Wildman–Crippen MR) is 51.9 cm³/mol. The van der Waals surface area contributed by atoms with E-state index in [1.54, 1.807) is 19.1 Å². The topological polar surface area (TPSA) is 26.3 Å². The molecule has 0 aliphatic rings. The van der Waals surface area contributed by atoms with Gasteiger partial charge in [-0.3, -0.25) is 4.79 Å². The van der Waals surface area contributed by atoms with Crippen molar-refractivity contribution in [2.24, 2.45) is 0 Å². The fourth-order valence-corrected chi connectivity index (χ4v) is 1.16. The van der Waals surface area contributed by atoms with Crippen molar-refractivity contribution in [2.45, 2.75) is 20.0 Å². The number of hydrogen-bond donors (Lipinski definition) is 0. The van der Waals surface area contributed by atoms with Gasteiger partial charge in [0.1, 0.15) is 6.10 Å². The van der Waals surface area contributed by atoms with E-state index in [1.807, 2.05) is 25.1 Å². The van der Waals surface area contributed by atoms with Crippen LogP contribution in [0.25, 0.3) is 0 Å². The minimum atomic E-state index is -0.340. The van der Waals surface area contributed by atoms with E-state index in [9.17, 15) is 4.79 Å². The molecule has 0 radical (unpaired) electrons. The third-order valence-corrected chi connectivity index (χ3v) is 1.84. The Morgan fingerprint density at radius 1 is 1.38 bits per heavy atom. The van der Waals surface area contributed by atoms with Crippen LogP contribution in [0.15, 0.2) is 30.3 Å². The number of rotatable bonds is 4. The minimum Gasteiger partial charge on any atom is -0.371 e. The van der Waals surface area contributed by atoms with Gasteiger partial charge in [0, 0.05) is 12.2 Å². The average molecular weight is 178 g/mol. The molecule has 0 saturated heterocycles. The van der Waals surface area contributed by atoms with Gasteiger partial charge in [-0.15, -0.1) is 0 Å². The minimum absolute atomic E-state index is 0.0439. The van der Waals surface area contributed by atoms with Crippen LogP contribution >= 0.6 is 0 Å². The van der Waals surface area contributed by atoms with Crippen molar-refractivity contribution >= 4 is 5.78 Å². The van der Waals surface area contributed by atoms with Crippen LogP contribution in [0.4, 0.5) is 0 Å². The molecule has 0 fully saturated rings. The number of hydrogen-bond acceptors (Lipinski definition) is 2. The summed E-state index contributed by atoms with van der Waals surface area (Å²) < 4.78 is 5.21. The van der Waals surface area contributed by atoms with Crippen molar-refractivity contribution in [2.75, 3.05) is 6.61 Å². The fourth-order valence-electron chi connectivity index (χ4n) is 1.16. The van der Waals surface area contributed by atoms with Gasteiger partial charge in [0.15, 0.2) is 5.78 Å². The first-order valence-corrected chi connectivity index (χ1v) is 4.46. The Morgan fingerprint density at radius 2 is 2.00 bits per heavy atom. The van der Waals surface area contributed by atoms with Crippen LogP contribution < -0.4 is 0 Å². The summed E-state index contributed by atoms with van der Waals surface area (Å²) in [6, 6.07) is 9.20. The molecule has 2 nitrogen and oxygen atoms in total. The molecule has 1 aromatic rings. The molecule has 13 heavy (non-hydrogen) atoms. The van der Waals surface area contributed by atoms with Crippen LogP contribution in [0.3, 0.4) is 0 Å². The second kappa shape index (κ2) is 4.77. The van der Waals surface area contributed by atoms with E-state index >= 15 is 0 Å². The quantitative estimate of drug-likeness (QED) is 0.661. The van der Waals surface area contributed by atoms with Crippen LogP contribution in [0.1, 0.15) is 24.2 Å². The van der Waals surface area contributed by atoms with Gasteiger partial charge >= 0.3 is 0 Å². The molecule has 0 heterocycles. The molecule has 0 N–H and O–H groups in total. The molecule has 0 spiro atoms. The lowest BCUT2D eigenvalue weighted by Gasteiger charge is -2.09. The molecule has 0 aliphatic carbocycles. The van der Waals surface area contributed by atoms with Gasteiger partial charge in [-0.1, -0.05) is 30.3 Å². The van der Waals surface area contributed by atoms with Crippen molar-refractivity contribution in [3.8, 4) is 0 Å². The summed E-state index contributed by atoms with van der Waals surface area (Å²) in [5.74, 6) is 0.0439. The Balaban J connectivity index is 2.68. The van der Waals surface area contributed by atoms with E-state index in [4.69, 9.17) is 4.74 Å². The summed E-state index contributed by atoms with van der Waals surface area (Å²) in [7, 11) is 0. The third-order valence-electron chi connectivity index (χ3n) is 1.84. The molecule has 1 aromatic carbocycles. The normalized spacial score (nSPS) is 12.5. The van der Waals surface area contributed by atoms with E-state index in [0.717, 1.165) is 0 Å². The van der Waals surface area contributed by atoms with Gasteiger partial charge < -0.3 is 4.74 Å². The maximum absolute atomic E-state index is 11.6. The zero-order chi connectivity index (χ0) is 9.68. The van der Waals surface area contributed by atoms with Gasteiger partial charge in [0.25, 0.3) is 0 Å². The predicted octanol–water partition coefficient (Wildman–Crippen LogP) is 2.29. The second-order valence-electron chi connectivity index (χ2n) is 2.83. The Bertz CT molecular complexity index is 267. The molecule has 1 unspecified atom stereocenters. The van der Waals surface area contributed by atoms with Crippen LogP contribution in [-0.4, -0.2) is 18.5 Å². The van der Waals surface area contributed by atoms with Crippen molar-refractivity contribution in [3.63, 3.8) is 0 Å². The number of carbonyl (C=O) groups excluding carboxylic acids is 1. The number of Topliss-reactive ketones (excluding diaryl/α,β-unsaturated/α-hetero) is 1.